The summed E-state index contributed by atoms with van der Waals surface area (Å²) < 4.78 is 12.2. The zero-order valence-electron chi connectivity index (χ0n) is 31.9. The van der Waals surface area contributed by atoms with Gasteiger partial charge in [0.25, 0.3) is 11.8 Å². The second-order valence-corrected chi connectivity index (χ2v) is 17.7. The van der Waals surface area contributed by atoms with E-state index in [0.717, 1.165) is 84.6 Å². The number of nitrogens with one attached hydrogen (secondary N) is 3. The number of fused-ring (bicyclic) bond motifs is 4. The minimum absolute atomic E-state index is 0.0244. The third kappa shape index (κ3) is 7.14. The Labute approximate surface area is 334 Å². The SMILES string of the molecule is Cc1sc(NC(=O)CC23CCCC(OCCOCCNc4cccc5c4C(=O)N(C4CCC(=O)NC4=O)C5=O)(C2)C3)nc1-c1ccc2c(c1)CCN2C(=O)C1CC1. The molecule has 7 aliphatic rings. The molecule has 5 fully saturated rings. The van der Waals surface area contributed by atoms with Crippen LogP contribution in [-0.4, -0.2) is 89.9 Å². The molecule has 0 radical (unpaired) electrons. The van der Waals surface area contributed by atoms with Crippen molar-refractivity contribution < 1.29 is 38.2 Å². The van der Waals surface area contributed by atoms with Gasteiger partial charge in [-0.1, -0.05) is 18.6 Å². The number of hydrogen-bond donors (Lipinski definition) is 3. The molecule has 6 amide bonds. The summed E-state index contributed by atoms with van der Waals surface area (Å²) in [5, 5.41) is 9.09. The van der Waals surface area contributed by atoms with Crippen LogP contribution in [0.4, 0.5) is 16.5 Å². The second-order valence-electron chi connectivity index (χ2n) is 16.5. The van der Waals surface area contributed by atoms with E-state index < -0.39 is 29.7 Å². The number of thiazole rings is 1. The van der Waals surface area contributed by atoms with E-state index in [1.165, 1.54) is 16.9 Å². The quantitative estimate of drug-likeness (QED) is 0.149. The fourth-order valence-electron chi connectivity index (χ4n) is 9.73. The van der Waals surface area contributed by atoms with Gasteiger partial charge in [-0.2, -0.15) is 0 Å². The minimum Gasteiger partial charge on any atom is -0.382 e. The topological polar surface area (TPSA) is 176 Å². The maximum atomic E-state index is 13.3. The van der Waals surface area contributed by atoms with Crippen molar-refractivity contribution in [3.63, 3.8) is 0 Å². The number of carbonyl (C=O) groups excluding carboxylic acids is 6. The van der Waals surface area contributed by atoms with E-state index in [-0.39, 0.29) is 52.7 Å². The summed E-state index contributed by atoms with van der Waals surface area (Å²) in [6.07, 6.45) is 8.07. The van der Waals surface area contributed by atoms with E-state index >= 15 is 0 Å². The van der Waals surface area contributed by atoms with Crippen LogP contribution in [0.1, 0.15) is 95.4 Å². The van der Waals surface area contributed by atoms with Gasteiger partial charge in [0, 0.05) is 53.7 Å². The number of nitrogens with zero attached hydrogens (tertiary/aromatic N) is 3. The van der Waals surface area contributed by atoms with E-state index in [2.05, 4.69) is 22.0 Å². The smallest absolute Gasteiger partial charge is 0.264 e. The van der Waals surface area contributed by atoms with Gasteiger partial charge in [-0.15, -0.1) is 11.3 Å². The van der Waals surface area contributed by atoms with Crippen molar-refractivity contribution in [2.24, 2.45) is 11.3 Å². The normalized spacial score (nSPS) is 24.9. The highest BCUT2D eigenvalue weighted by atomic mass is 32.1. The van der Waals surface area contributed by atoms with Crippen LogP contribution in [-0.2, 0) is 35.1 Å². The number of benzene rings is 2. The van der Waals surface area contributed by atoms with Crippen molar-refractivity contribution in [3.05, 3.63) is 58.0 Å². The third-order valence-corrected chi connectivity index (χ3v) is 13.3. The monoisotopic (exact) mass is 794 g/mol. The Kier molecular flexibility index (Phi) is 9.72. The first-order valence-corrected chi connectivity index (χ1v) is 20.9. The third-order valence-electron chi connectivity index (χ3n) is 12.4. The summed E-state index contributed by atoms with van der Waals surface area (Å²) in [6, 6.07) is 10.2. The van der Waals surface area contributed by atoms with Crippen LogP contribution in [0, 0.1) is 18.3 Å². The van der Waals surface area contributed by atoms with Crippen LogP contribution < -0.4 is 20.9 Å². The van der Waals surface area contributed by atoms with Crippen LogP contribution in [0.2, 0.25) is 0 Å². The largest absolute Gasteiger partial charge is 0.382 e. The van der Waals surface area contributed by atoms with Crippen LogP contribution >= 0.6 is 11.3 Å². The van der Waals surface area contributed by atoms with Gasteiger partial charge in [0.2, 0.25) is 23.6 Å². The maximum Gasteiger partial charge on any atom is 0.264 e. The molecule has 1 unspecified atom stereocenters. The molecule has 4 saturated carbocycles. The van der Waals surface area contributed by atoms with Gasteiger partial charge in [-0.05, 0) is 93.5 Å². The Bertz CT molecular complexity index is 2190. The second kappa shape index (κ2) is 14.7. The molecule has 10 rings (SSSR count). The number of aromatic nitrogens is 1. The van der Waals surface area contributed by atoms with Gasteiger partial charge in [0.05, 0.1) is 42.2 Å². The molecule has 57 heavy (non-hydrogen) atoms. The summed E-state index contributed by atoms with van der Waals surface area (Å²) in [4.78, 5) is 85.3. The van der Waals surface area contributed by atoms with Gasteiger partial charge in [0.1, 0.15) is 6.04 Å². The van der Waals surface area contributed by atoms with E-state index in [1.807, 2.05) is 24.0 Å². The molecule has 3 N–H and O–H groups in total. The lowest BCUT2D eigenvalue weighted by atomic mass is 9.50. The molecule has 4 heterocycles. The van der Waals surface area contributed by atoms with Gasteiger partial charge in [-0.3, -0.25) is 39.0 Å². The van der Waals surface area contributed by atoms with Crippen molar-refractivity contribution in [1.29, 1.82) is 0 Å². The Hall–Kier alpha value is -4.99. The molecular formula is C42H46N6O8S. The summed E-state index contributed by atoms with van der Waals surface area (Å²) in [7, 11) is 0. The molecule has 1 aromatic heterocycles. The van der Waals surface area contributed by atoms with Crippen molar-refractivity contribution in [1.82, 2.24) is 15.2 Å². The number of hydrogen-bond acceptors (Lipinski definition) is 11. The zero-order chi connectivity index (χ0) is 39.5. The summed E-state index contributed by atoms with van der Waals surface area (Å²) in [5.41, 5.74) is 4.66. The Balaban J connectivity index is 0.714. The number of carbonyl (C=O) groups is 6. The Morgan fingerprint density at radius 1 is 1.00 bits per heavy atom. The fraction of sp³-hybridized carbons (Fsp3) is 0.500. The first-order valence-electron chi connectivity index (χ1n) is 20.0. The molecular weight excluding hydrogens is 749 g/mol. The average molecular weight is 795 g/mol. The van der Waals surface area contributed by atoms with E-state index in [9.17, 15) is 28.8 Å². The number of anilines is 3. The Morgan fingerprint density at radius 2 is 1.84 bits per heavy atom. The van der Waals surface area contributed by atoms with Gasteiger partial charge in [-0.25, -0.2) is 4.98 Å². The molecule has 298 valence electrons. The van der Waals surface area contributed by atoms with Crippen molar-refractivity contribution >= 4 is 63.3 Å². The number of rotatable bonds is 14. The molecule has 14 nitrogen and oxygen atoms in total. The molecule has 3 aromatic rings. The summed E-state index contributed by atoms with van der Waals surface area (Å²) in [6.45, 7) is 4.29. The predicted octanol–water partition coefficient (Wildman–Crippen LogP) is 5.00. The van der Waals surface area contributed by atoms with Crippen LogP contribution in [0.3, 0.4) is 0 Å². The van der Waals surface area contributed by atoms with Gasteiger partial charge < -0.3 is 25.0 Å². The lowest BCUT2D eigenvalue weighted by Crippen LogP contribution is -2.58. The highest BCUT2D eigenvalue weighted by Gasteiger charge is 2.58. The summed E-state index contributed by atoms with van der Waals surface area (Å²) in [5.74, 6) is -1.74. The molecule has 1 saturated heterocycles. The van der Waals surface area contributed by atoms with Crippen molar-refractivity contribution in [2.75, 3.05) is 48.4 Å². The average Bonchev–Trinajstić information content (AvgIpc) is 3.77. The fourth-order valence-corrected chi connectivity index (χ4v) is 10.6. The van der Waals surface area contributed by atoms with Crippen LogP contribution in [0.15, 0.2) is 36.4 Å². The standard InChI is InChI=1S/C42H46N6O8S/c1-24-35(27-8-9-30-26(20-27)12-16-47(30)37(52)25-6-7-25)46-40(57-24)45-33(50)21-41-13-3-14-42(22-41,23-41)56-19-18-55-17-15-43-29-5-2-4-28-34(29)39(54)48(38(28)53)31-10-11-32(49)44-36(31)51/h2,4-5,8-9,20,25,31,43H,3,6-7,10-19,21-23H2,1H3,(H,44,49,51)(H,45,46,50). The number of piperidine rings is 1. The molecule has 4 aliphatic carbocycles. The zero-order valence-corrected chi connectivity index (χ0v) is 32.8. The molecule has 2 aromatic carbocycles. The van der Waals surface area contributed by atoms with Crippen LogP contribution in [0.5, 0.6) is 0 Å². The molecule has 2 bridgehead atoms. The predicted molar refractivity (Wildman–Crippen MR) is 211 cm³/mol. The summed E-state index contributed by atoms with van der Waals surface area (Å²) >= 11 is 1.49. The number of amides is 6. The molecule has 15 heteroatoms. The van der Waals surface area contributed by atoms with Crippen molar-refractivity contribution in [3.8, 4) is 11.3 Å². The lowest BCUT2D eigenvalue weighted by molar-refractivity contribution is -0.207. The lowest BCUT2D eigenvalue weighted by Gasteiger charge is -2.60. The molecule has 1 atom stereocenters. The van der Waals surface area contributed by atoms with E-state index in [0.29, 0.717) is 43.6 Å². The first-order chi connectivity index (χ1) is 27.5. The maximum absolute atomic E-state index is 13.3. The molecule has 0 spiro atoms. The van der Waals surface area contributed by atoms with E-state index in [1.54, 1.807) is 18.2 Å². The highest BCUT2D eigenvalue weighted by molar-refractivity contribution is 7.16. The molecule has 3 aliphatic heterocycles. The number of aryl methyl sites for hydroxylation is 1. The van der Waals surface area contributed by atoms with Crippen LogP contribution in [0.25, 0.3) is 11.3 Å². The first kappa shape index (κ1) is 37.6. The van der Waals surface area contributed by atoms with Crippen molar-refractivity contribution in [2.45, 2.75) is 89.2 Å². The number of ether oxygens (including phenoxy) is 2. The van der Waals surface area contributed by atoms with E-state index in [4.69, 9.17) is 14.5 Å². The number of imide groups is 2. The Morgan fingerprint density at radius 3 is 2.65 bits per heavy atom. The van der Waals surface area contributed by atoms with Gasteiger partial charge >= 0.3 is 0 Å². The van der Waals surface area contributed by atoms with Gasteiger partial charge in [0.15, 0.2) is 5.13 Å². The minimum atomic E-state index is -1.02. The highest BCUT2D eigenvalue weighted by Crippen LogP contribution is 2.61.